The van der Waals surface area contributed by atoms with E-state index >= 15 is 0 Å². The van der Waals surface area contributed by atoms with E-state index in [-0.39, 0.29) is 11.4 Å². The minimum Gasteiger partial charge on any atom is -0.434 e. The van der Waals surface area contributed by atoms with E-state index in [4.69, 9.17) is 4.74 Å². The normalized spacial score (nSPS) is 10.4. The summed E-state index contributed by atoms with van der Waals surface area (Å²) in [6, 6.07) is 5.60. The van der Waals surface area contributed by atoms with Crippen LogP contribution in [0, 0.1) is 6.92 Å². The molecule has 0 bridgehead atoms. The molecule has 5 heteroatoms. The summed E-state index contributed by atoms with van der Waals surface area (Å²) in [6.45, 7) is 4.41. The van der Waals surface area contributed by atoms with Crippen LogP contribution in [-0.4, -0.2) is 9.55 Å². The number of aromatic nitrogens is 2. The summed E-state index contributed by atoms with van der Waals surface area (Å²) in [4.78, 5) is 15.9. The Kier molecular flexibility index (Phi) is 3.81. The standard InChI is InChI=1S/C13H13BrN2O2/c1-3-16-7-6-15-12(13(16)17)18-11-5-4-10(14)8-9(11)2/h4-8H,3H2,1-2H3. The first kappa shape index (κ1) is 12.8. The molecule has 0 saturated carbocycles. The van der Waals surface area contributed by atoms with E-state index in [9.17, 15) is 4.79 Å². The van der Waals surface area contributed by atoms with Crippen LogP contribution in [0.2, 0.25) is 0 Å². The zero-order valence-electron chi connectivity index (χ0n) is 10.2. The van der Waals surface area contributed by atoms with Gasteiger partial charge in [0, 0.05) is 23.4 Å². The molecule has 2 rings (SSSR count). The Bertz CT molecular complexity index is 623. The average molecular weight is 309 g/mol. The average Bonchev–Trinajstić information content (AvgIpc) is 2.35. The molecule has 0 spiro atoms. The second kappa shape index (κ2) is 5.35. The largest absolute Gasteiger partial charge is 0.434 e. The third-order valence-corrected chi connectivity index (χ3v) is 3.06. The van der Waals surface area contributed by atoms with Gasteiger partial charge in [-0.05, 0) is 37.6 Å². The zero-order chi connectivity index (χ0) is 13.1. The molecule has 0 saturated heterocycles. The van der Waals surface area contributed by atoms with Crippen molar-refractivity contribution in [2.75, 3.05) is 0 Å². The number of benzene rings is 1. The van der Waals surface area contributed by atoms with Crippen LogP contribution in [0.4, 0.5) is 0 Å². The fourth-order valence-corrected chi connectivity index (χ4v) is 2.05. The summed E-state index contributed by atoms with van der Waals surface area (Å²) in [5, 5.41) is 0. The maximum atomic E-state index is 11.9. The van der Waals surface area contributed by atoms with E-state index in [1.54, 1.807) is 17.0 Å². The van der Waals surface area contributed by atoms with Gasteiger partial charge in [0.05, 0.1) is 0 Å². The smallest absolute Gasteiger partial charge is 0.313 e. The highest BCUT2D eigenvalue weighted by Gasteiger charge is 2.08. The van der Waals surface area contributed by atoms with Gasteiger partial charge < -0.3 is 9.30 Å². The summed E-state index contributed by atoms with van der Waals surface area (Å²) < 4.78 is 8.10. The number of hydrogen-bond donors (Lipinski definition) is 0. The quantitative estimate of drug-likeness (QED) is 0.875. The third kappa shape index (κ3) is 2.61. The molecule has 0 atom stereocenters. The maximum Gasteiger partial charge on any atom is 0.313 e. The molecule has 1 aromatic heterocycles. The van der Waals surface area contributed by atoms with Crippen LogP contribution >= 0.6 is 15.9 Å². The van der Waals surface area contributed by atoms with Gasteiger partial charge in [0.1, 0.15) is 5.75 Å². The molecule has 1 aromatic carbocycles. The Morgan fingerprint density at radius 1 is 1.44 bits per heavy atom. The molecule has 0 aliphatic heterocycles. The molecular formula is C13H13BrN2O2. The summed E-state index contributed by atoms with van der Waals surface area (Å²) in [5.74, 6) is 0.737. The van der Waals surface area contributed by atoms with E-state index in [0.717, 1.165) is 10.0 Å². The molecule has 1 heterocycles. The second-order valence-electron chi connectivity index (χ2n) is 3.84. The second-order valence-corrected chi connectivity index (χ2v) is 4.75. The molecule has 0 radical (unpaired) electrons. The van der Waals surface area contributed by atoms with E-state index in [2.05, 4.69) is 20.9 Å². The fraction of sp³-hybridized carbons (Fsp3) is 0.231. The molecule has 18 heavy (non-hydrogen) atoms. The van der Waals surface area contributed by atoms with Crippen molar-refractivity contribution in [2.24, 2.45) is 0 Å². The first-order valence-electron chi connectivity index (χ1n) is 5.61. The molecule has 0 fully saturated rings. The Morgan fingerprint density at radius 3 is 2.89 bits per heavy atom. The number of ether oxygens (including phenoxy) is 1. The number of halogens is 1. The first-order valence-corrected chi connectivity index (χ1v) is 6.40. The van der Waals surface area contributed by atoms with Crippen LogP contribution in [0.3, 0.4) is 0 Å². The van der Waals surface area contributed by atoms with Crippen molar-refractivity contribution in [3.8, 4) is 11.6 Å². The van der Waals surface area contributed by atoms with Crippen LogP contribution in [0.15, 0.2) is 39.9 Å². The van der Waals surface area contributed by atoms with Crippen molar-refractivity contribution in [2.45, 2.75) is 20.4 Å². The van der Waals surface area contributed by atoms with Crippen molar-refractivity contribution in [3.05, 3.63) is 51.0 Å². The van der Waals surface area contributed by atoms with Crippen molar-refractivity contribution >= 4 is 15.9 Å². The Labute approximate surface area is 113 Å². The summed E-state index contributed by atoms with van der Waals surface area (Å²) in [5.41, 5.74) is 0.722. The highest BCUT2D eigenvalue weighted by Crippen LogP contribution is 2.24. The molecule has 0 N–H and O–H groups in total. The van der Waals surface area contributed by atoms with Gasteiger partial charge in [0.25, 0.3) is 5.88 Å². The van der Waals surface area contributed by atoms with Gasteiger partial charge in [-0.2, -0.15) is 0 Å². The van der Waals surface area contributed by atoms with Gasteiger partial charge in [-0.1, -0.05) is 15.9 Å². The third-order valence-electron chi connectivity index (χ3n) is 2.57. The highest BCUT2D eigenvalue weighted by atomic mass is 79.9. The molecule has 0 aliphatic carbocycles. The number of rotatable bonds is 3. The van der Waals surface area contributed by atoms with Gasteiger partial charge in [-0.3, -0.25) is 4.79 Å². The van der Waals surface area contributed by atoms with Crippen LogP contribution < -0.4 is 10.3 Å². The van der Waals surface area contributed by atoms with Crippen LogP contribution in [0.5, 0.6) is 11.6 Å². The van der Waals surface area contributed by atoms with Gasteiger partial charge >= 0.3 is 5.56 Å². The van der Waals surface area contributed by atoms with Crippen molar-refractivity contribution < 1.29 is 4.74 Å². The van der Waals surface area contributed by atoms with Crippen LogP contribution in [0.1, 0.15) is 12.5 Å². The lowest BCUT2D eigenvalue weighted by molar-refractivity contribution is 0.442. The zero-order valence-corrected chi connectivity index (χ0v) is 11.8. The summed E-state index contributed by atoms with van der Waals surface area (Å²) in [7, 11) is 0. The van der Waals surface area contributed by atoms with Gasteiger partial charge in [0.15, 0.2) is 0 Å². The molecular weight excluding hydrogens is 296 g/mol. The molecule has 0 amide bonds. The molecule has 0 aliphatic rings. The number of hydrogen-bond acceptors (Lipinski definition) is 3. The lowest BCUT2D eigenvalue weighted by Crippen LogP contribution is -2.20. The minimum absolute atomic E-state index is 0.102. The maximum absolute atomic E-state index is 11.9. The Hall–Kier alpha value is -1.62. The number of nitrogens with zero attached hydrogens (tertiary/aromatic N) is 2. The lowest BCUT2D eigenvalue weighted by Gasteiger charge is -2.08. The van der Waals surface area contributed by atoms with E-state index in [1.165, 1.54) is 0 Å². The van der Waals surface area contributed by atoms with Gasteiger partial charge in [-0.15, -0.1) is 0 Å². The summed E-state index contributed by atoms with van der Waals surface area (Å²) >= 11 is 3.38. The van der Waals surface area contributed by atoms with E-state index in [1.807, 2.05) is 32.0 Å². The predicted octanol–water partition coefficient (Wildman–Crippen LogP) is 3.13. The van der Waals surface area contributed by atoms with Gasteiger partial charge in [-0.25, -0.2) is 4.98 Å². The monoisotopic (exact) mass is 308 g/mol. The lowest BCUT2D eigenvalue weighted by atomic mass is 10.2. The molecule has 2 aromatic rings. The van der Waals surface area contributed by atoms with Crippen molar-refractivity contribution in [1.29, 1.82) is 0 Å². The van der Waals surface area contributed by atoms with E-state index in [0.29, 0.717) is 12.3 Å². The highest BCUT2D eigenvalue weighted by molar-refractivity contribution is 9.10. The predicted molar refractivity (Wildman–Crippen MR) is 73.1 cm³/mol. The SMILES string of the molecule is CCn1ccnc(Oc2ccc(Br)cc2C)c1=O. The Morgan fingerprint density at radius 2 is 2.22 bits per heavy atom. The molecule has 4 nitrogen and oxygen atoms in total. The first-order chi connectivity index (χ1) is 8.61. The van der Waals surface area contributed by atoms with Crippen molar-refractivity contribution in [3.63, 3.8) is 0 Å². The number of aryl methyl sites for hydroxylation is 2. The minimum atomic E-state index is -0.220. The fourth-order valence-electron chi connectivity index (χ4n) is 1.58. The summed E-state index contributed by atoms with van der Waals surface area (Å²) in [6.07, 6.45) is 3.21. The topological polar surface area (TPSA) is 44.1 Å². The Balaban J connectivity index is 2.37. The molecule has 0 unspecified atom stereocenters. The molecule has 94 valence electrons. The van der Waals surface area contributed by atoms with Gasteiger partial charge in [0.2, 0.25) is 0 Å². The van der Waals surface area contributed by atoms with Crippen LogP contribution in [-0.2, 0) is 6.54 Å². The van der Waals surface area contributed by atoms with Crippen molar-refractivity contribution in [1.82, 2.24) is 9.55 Å². The van der Waals surface area contributed by atoms with Crippen LogP contribution in [0.25, 0.3) is 0 Å². The van der Waals surface area contributed by atoms with E-state index < -0.39 is 0 Å².